The molecular formula is C16H11BrO8. The van der Waals surface area contributed by atoms with Crippen LogP contribution in [0, 0.1) is 0 Å². The Morgan fingerprint density at radius 2 is 0.920 bits per heavy atom. The van der Waals surface area contributed by atoms with Crippen LogP contribution in [-0.4, -0.2) is 44.3 Å². The summed E-state index contributed by atoms with van der Waals surface area (Å²) in [5.41, 5.74) is -0.136. The zero-order valence-corrected chi connectivity index (χ0v) is 13.9. The van der Waals surface area contributed by atoms with Gasteiger partial charge in [-0.1, -0.05) is 22.0 Å². The van der Waals surface area contributed by atoms with Crippen molar-refractivity contribution in [2.24, 2.45) is 0 Å². The molecule has 0 aliphatic carbocycles. The van der Waals surface area contributed by atoms with Gasteiger partial charge in [0.25, 0.3) is 0 Å². The van der Waals surface area contributed by atoms with Crippen molar-refractivity contribution in [3.63, 3.8) is 0 Å². The van der Waals surface area contributed by atoms with E-state index in [0.29, 0.717) is 4.47 Å². The Kier molecular flexibility index (Phi) is 6.82. The van der Waals surface area contributed by atoms with Crippen LogP contribution in [0.15, 0.2) is 46.9 Å². The first-order valence-corrected chi connectivity index (χ1v) is 7.25. The van der Waals surface area contributed by atoms with Gasteiger partial charge in [-0.2, -0.15) is 0 Å². The van der Waals surface area contributed by atoms with Crippen LogP contribution in [-0.2, 0) is 0 Å². The van der Waals surface area contributed by atoms with Crippen LogP contribution in [0.3, 0.4) is 0 Å². The van der Waals surface area contributed by atoms with Crippen molar-refractivity contribution in [1.29, 1.82) is 0 Å². The van der Waals surface area contributed by atoms with E-state index in [-0.39, 0.29) is 22.3 Å². The van der Waals surface area contributed by atoms with Gasteiger partial charge in [0, 0.05) is 4.47 Å². The Hall–Kier alpha value is -3.20. The average Bonchev–Trinajstić information content (AvgIpc) is 2.54. The summed E-state index contributed by atoms with van der Waals surface area (Å²) in [6.07, 6.45) is 0. The molecule has 0 aliphatic heterocycles. The summed E-state index contributed by atoms with van der Waals surface area (Å²) in [5, 5.41) is 34.2. The molecule has 0 spiro atoms. The maximum absolute atomic E-state index is 10.5. The fourth-order valence-electron chi connectivity index (χ4n) is 1.62. The maximum Gasteiger partial charge on any atom is 0.335 e. The molecule has 4 N–H and O–H groups in total. The van der Waals surface area contributed by atoms with Gasteiger partial charge in [-0.15, -0.1) is 0 Å². The molecular weight excluding hydrogens is 400 g/mol. The molecule has 130 valence electrons. The summed E-state index contributed by atoms with van der Waals surface area (Å²) in [6, 6.07) is 8.99. The van der Waals surface area contributed by atoms with Crippen LogP contribution in [0.25, 0.3) is 0 Å². The smallest absolute Gasteiger partial charge is 0.335 e. The van der Waals surface area contributed by atoms with Gasteiger partial charge in [0.15, 0.2) is 0 Å². The Morgan fingerprint density at radius 3 is 1.24 bits per heavy atom. The van der Waals surface area contributed by atoms with E-state index in [4.69, 9.17) is 20.4 Å². The first-order valence-electron chi connectivity index (χ1n) is 6.45. The number of carboxylic acid groups (broad SMARTS) is 4. The van der Waals surface area contributed by atoms with E-state index in [1.807, 2.05) is 0 Å². The van der Waals surface area contributed by atoms with Gasteiger partial charge in [0.05, 0.1) is 22.3 Å². The molecule has 0 saturated carbocycles. The van der Waals surface area contributed by atoms with E-state index in [9.17, 15) is 19.2 Å². The van der Waals surface area contributed by atoms with Crippen molar-refractivity contribution < 1.29 is 39.6 Å². The topological polar surface area (TPSA) is 149 Å². The summed E-state index contributed by atoms with van der Waals surface area (Å²) >= 11 is 3.02. The number of carbonyl (C=O) groups is 4. The van der Waals surface area contributed by atoms with Gasteiger partial charge in [0.1, 0.15) is 0 Å². The first-order chi connectivity index (χ1) is 11.6. The third-order valence-corrected chi connectivity index (χ3v) is 3.21. The van der Waals surface area contributed by atoms with Crippen LogP contribution in [0.1, 0.15) is 41.4 Å². The average molecular weight is 411 g/mol. The molecule has 0 amide bonds. The number of hydrogen-bond donors (Lipinski definition) is 4. The van der Waals surface area contributed by atoms with Gasteiger partial charge in [-0.05, 0) is 36.4 Å². The fraction of sp³-hybridized carbons (Fsp3) is 0. The van der Waals surface area contributed by atoms with Crippen LogP contribution < -0.4 is 0 Å². The second-order valence-corrected chi connectivity index (χ2v) is 5.45. The van der Waals surface area contributed by atoms with Crippen molar-refractivity contribution in [2.75, 3.05) is 0 Å². The number of aromatic carboxylic acids is 4. The molecule has 0 fully saturated rings. The minimum absolute atomic E-state index is 0.0186. The molecule has 2 aromatic rings. The maximum atomic E-state index is 10.5. The Morgan fingerprint density at radius 1 is 0.600 bits per heavy atom. The standard InChI is InChI=1S/C8H5BrO4.C8H6O4/c9-6-2-4(7(10)11)1-5(3-6)8(12)13;9-7(10)5-2-1-3-6(4-5)8(11)12/h1-3H,(H,10,11)(H,12,13);1-4H,(H,9,10)(H,11,12). The molecule has 25 heavy (non-hydrogen) atoms. The predicted molar refractivity (Wildman–Crippen MR) is 88.4 cm³/mol. The normalized spacial score (nSPS) is 9.48. The molecule has 0 aromatic heterocycles. The van der Waals surface area contributed by atoms with Gasteiger partial charge in [-0.3, -0.25) is 0 Å². The van der Waals surface area contributed by atoms with Crippen LogP contribution >= 0.6 is 15.9 Å². The fourth-order valence-corrected chi connectivity index (χ4v) is 2.12. The summed E-state index contributed by atoms with van der Waals surface area (Å²) in [7, 11) is 0. The van der Waals surface area contributed by atoms with Crippen molar-refractivity contribution in [3.05, 3.63) is 69.2 Å². The van der Waals surface area contributed by atoms with E-state index < -0.39 is 23.9 Å². The summed E-state index contributed by atoms with van der Waals surface area (Å²) in [6.45, 7) is 0. The van der Waals surface area contributed by atoms with Crippen molar-refractivity contribution in [1.82, 2.24) is 0 Å². The van der Waals surface area contributed by atoms with Crippen molar-refractivity contribution >= 4 is 39.8 Å². The third-order valence-electron chi connectivity index (χ3n) is 2.75. The highest BCUT2D eigenvalue weighted by molar-refractivity contribution is 9.10. The Balaban J connectivity index is 0.000000251. The summed E-state index contributed by atoms with van der Waals surface area (Å²) in [5.74, 6) is -4.55. The largest absolute Gasteiger partial charge is 0.478 e. The molecule has 0 saturated heterocycles. The third kappa shape index (κ3) is 6.07. The van der Waals surface area contributed by atoms with E-state index in [1.54, 1.807) is 0 Å². The molecule has 0 bridgehead atoms. The molecule has 0 heterocycles. The number of benzene rings is 2. The van der Waals surface area contributed by atoms with Crippen molar-refractivity contribution in [2.45, 2.75) is 0 Å². The van der Waals surface area contributed by atoms with Crippen molar-refractivity contribution in [3.8, 4) is 0 Å². The lowest BCUT2D eigenvalue weighted by atomic mass is 10.1. The van der Waals surface area contributed by atoms with Gasteiger partial charge in [0.2, 0.25) is 0 Å². The zero-order valence-electron chi connectivity index (χ0n) is 12.3. The lowest BCUT2D eigenvalue weighted by Gasteiger charge is -1.98. The molecule has 8 nitrogen and oxygen atoms in total. The summed E-state index contributed by atoms with van der Waals surface area (Å²) in [4.78, 5) is 41.8. The monoisotopic (exact) mass is 410 g/mol. The molecule has 0 aliphatic rings. The molecule has 0 radical (unpaired) electrons. The van der Waals surface area contributed by atoms with Gasteiger partial charge < -0.3 is 20.4 Å². The van der Waals surface area contributed by atoms with Crippen LogP contribution in [0.4, 0.5) is 0 Å². The van der Waals surface area contributed by atoms with E-state index in [0.717, 1.165) is 12.1 Å². The highest BCUT2D eigenvalue weighted by Crippen LogP contribution is 2.15. The molecule has 0 unspecified atom stereocenters. The first kappa shape index (κ1) is 19.8. The molecule has 0 atom stereocenters. The second kappa shape index (κ2) is 8.60. The van der Waals surface area contributed by atoms with E-state index >= 15 is 0 Å². The lowest BCUT2D eigenvalue weighted by Crippen LogP contribution is -2.02. The van der Waals surface area contributed by atoms with E-state index in [1.165, 1.54) is 30.3 Å². The minimum atomic E-state index is -1.15. The quantitative estimate of drug-likeness (QED) is 0.600. The number of carboxylic acids is 4. The summed E-state index contributed by atoms with van der Waals surface area (Å²) < 4.78 is 0.435. The molecule has 2 rings (SSSR count). The minimum Gasteiger partial charge on any atom is -0.478 e. The van der Waals surface area contributed by atoms with E-state index in [2.05, 4.69) is 15.9 Å². The lowest BCUT2D eigenvalue weighted by molar-refractivity contribution is 0.0676. The predicted octanol–water partition coefficient (Wildman–Crippen LogP) is 2.93. The van der Waals surface area contributed by atoms with Crippen LogP contribution in [0.2, 0.25) is 0 Å². The molecule has 2 aromatic carbocycles. The molecule has 9 heteroatoms. The highest BCUT2D eigenvalue weighted by atomic mass is 79.9. The van der Waals surface area contributed by atoms with Gasteiger partial charge >= 0.3 is 23.9 Å². The number of hydrogen-bond acceptors (Lipinski definition) is 4. The van der Waals surface area contributed by atoms with Crippen LogP contribution in [0.5, 0.6) is 0 Å². The second-order valence-electron chi connectivity index (χ2n) is 4.53. The highest BCUT2D eigenvalue weighted by Gasteiger charge is 2.10. The Bertz CT molecular complexity index is 782. The van der Waals surface area contributed by atoms with Gasteiger partial charge in [-0.25, -0.2) is 19.2 Å². The number of halogens is 1. The SMILES string of the molecule is O=C(O)c1cc(Br)cc(C(=O)O)c1.O=C(O)c1cccc(C(=O)O)c1. The Labute approximate surface area is 149 Å². The number of rotatable bonds is 4. The zero-order chi connectivity index (χ0) is 19.1.